The van der Waals surface area contributed by atoms with E-state index >= 15 is 0 Å². The first-order valence-electron chi connectivity index (χ1n) is 6.53. The van der Waals surface area contributed by atoms with Crippen LogP contribution in [0.4, 0.5) is 0 Å². The lowest BCUT2D eigenvalue weighted by molar-refractivity contribution is 0.101. The van der Waals surface area contributed by atoms with Crippen molar-refractivity contribution < 1.29 is 29.2 Å². The van der Waals surface area contributed by atoms with E-state index in [1.807, 2.05) is 0 Å². The van der Waals surface area contributed by atoms with Crippen LogP contribution in [0.25, 0.3) is 6.08 Å². The fourth-order valence-corrected chi connectivity index (χ4v) is 2.43. The molecule has 0 spiro atoms. The van der Waals surface area contributed by atoms with E-state index < -0.39 is 5.75 Å². The molecule has 2 aliphatic heterocycles. The van der Waals surface area contributed by atoms with Crippen molar-refractivity contribution in [2.24, 2.45) is 0 Å². The Morgan fingerprint density at radius 1 is 1.05 bits per heavy atom. The number of phenolic OH excluding ortho intramolecular Hbond substituents is 2. The number of carbonyl (C=O) groups excluding carboxylic acids is 1. The summed E-state index contributed by atoms with van der Waals surface area (Å²) in [7, 11) is 0. The summed E-state index contributed by atoms with van der Waals surface area (Å²) in [6, 6.07) is 7.95. The van der Waals surface area contributed by atoms with Gasteiger partial charge in [0, 0.05) is 5.56 Å². The maximum atomic E-state index is 12.3. The molecule has 110 valence electrons. The van der Waals surface area contributed by atoms with E-state index in [1.54, 1.807) is 18.2 Å². The van der Waals surface area contributed by atoms with E-state index in [2.05, 4.69) is 0 Å². The molecule has 0 atom stereocenters. The van der Waals surface area contributed by atoms with Gasteiger partial charge in [0.2, 0.25) is 18.3 Å². The van der Waals surface area contributed by atoms with Gasteiger partial charge >= 0.3 is 0 Å². The van der Waals surface area contributed by atoms with Gasteiger partial charge in [0.05, 0.1) is 5.56 Å². The summed E-state index contributed by atoms with van der Waals surface area (Å²) in [5.41, 5.74) is 0.834. The third-order valence-electron chi connectivity index (χ3n) is 3.50. The van der Waals surface area contributed by atoms with Crippen LogP contribution >= 0.6 is 0 Å². The minimum absolute atomic E-state index is 0.0407. The zero-order valence-electron chi connectivity index (χ0n) is 11.2. The standard InChI is InChI=1S/C16H10O6/c17-10-5-4-9-13(18)12(22-16(9)14(10)19)6-8-2-1-3-11-15(8)21-7-20-11/h1-6,17,19H,7H2/b12-6-. The molecule has 0 unspecified atom stereocenters. The van der Waals surface area contributed by atoms with Gasteiger partial charge in [-0.2, -0.15) is 0 Å². The lowest BCUT2D eigenvalue weighted by Crippen LogP contribution is -1.98. The number of benzene rings is 2. The predicted molar refractivity (Wildman–Crippen MR) is 75.3 cm³/mol. The predicted octanol–water partition coefficient (Wildman–Crippen LogP) is 2.44. The molecule has 2 N–H and O–H groups in total. The molecule has 0 aromatic heterocycles. The van der Waals surface area contributed by atoms with Crippen molar-refractivity contribution in [1.82, 2.24) is 0 Å². The largest absolute Gasteiger partial charge is 0.504 e. The first kappa shape index (κ1) is 12.6. The summed E-state index contributed by atoms with van der Waals surface area (Å²) < 4.78 is 16.0. The highest BCUT2D eigenvalue weighted by Gasteiger charge is 2.31. The molecule has 2 heterocycles. The number of allylic oxidation sites excluding steroid dienone is 1. The Balaban J connectivity index is 1.78. The molecule has 0 saturated heterocycles. The van der Waals surface area contributed by atoms with Crippen LogP contribution in [0.3, 0.4) is 0 Å². The third kappa shape index (κ3) is 1.70. The zero-order valence-corrected chi connectivity index (χ0v) is 11.2. The molecular formula is C16H10O6. The average molecular weight is 298 g/mol. The van der Waals surface area contributed by atoms with Crippen molar-refractivity contribution in [3.8, 4) is 28.7 Å². The Kier molecular flexibility index (Phi) is 2.53. The molecule has 6 heteroatoms. The second kappa shape index (κ2) is 4.42. The Labute approximate surface area is 124 Å². The number of hydrogen-bond acceptors (Lipinski definition) is 6. The summed E-state index contributed by atoms with van der Waals surface area (Å²) >= 11 is 0. The SMILES string of the molecule is O=C1/C(=C/c2cccc3c2OCO3)Oc2c1ccc(O)c2O. The lowest BCUT2D eigenvalue weighted by atomic mass is 10.1. The maximum Gasteiger partial charge on any atom is 0.232 e. The second-order valence-electron chi connectivity index (χ2n) is 4.83. The lowest BCUT2D eigenvalue weighted by Gasteiger charge is -2.03. The number of Topliss-reactive ketones (excluding diaryl/α,β-unsaturated/α-hetero) is 1. The van der Waals surface area contributed by atoms with Crippen molar-refractivity contribution in [3.63, 3.8) is 0 Å². The number of ketones is 1. The molecule has 2 aromatic rings. The first-order chi connectivity index (χ1) is 10.6. The summed E-state index contributed by atoms with van der Waals surface area (Å²) in [5.74, 6) is -0.0351. The first-order valence-corrected chi connectivity index (χ1v) is 6.53. The molecule has 0 bridgehead atoms. The van der Waals surface area contributed by atoms with Gasteiger partial charge in [-0.25, -0.2) is 0 Å². The number of ether oxygens (including phenoxy) is 3. The number of para-hydroxylation sites is 1. The van der Waals surface area contributed by atoms with Crippen LogP contribution < -0.4 is 14.2 Å². The van der Waals surface area contributed by atoms with E-state index in [4.69, 9.17) is 14.2 Å². The summed E-state index contributed by atoms with van der Waals surface area (Å²) in [6.07, 6.45) is 1.52. The fourth-order valence-electron chi connectivity index (χ4n) is 2.43. The van der Waals surface area contributed by atoms with Crippen molar-refractivity contribution in [1.29, 1.82) is 0 Å². The highest BCUT2D eigenvalue weighted by Crippen LogP contribution is 2.45. The van der Waals surface area contributed by atoms with Gasteiger partial charge in [-0.1, -0.05) is 12.1 Å². The average Bonchev–Trinajstić information content (AvgIpc) is 3.10. The Morgan fingerprint density at radius 3 is 2.77 bits per heavy atom. The van der Waals surface area contributed by atoms with Gasteiger partial charge in [0.15, 0.2) is 28.8 Å². The molecule has 0 aliphatic carbocycles. The van der Waals surface area contributed by atoms with Gasteiger partial charge in [-0.3, -0.25) is 4.79 Å². The Morgan fingerprint density at radius 2 is 1.91 bits per heavy atom. The highest BCUT2D eigenvalue weighted by molar-refractivity contribution is 6.15. The minimum atomic E-state index is -0.452. The molecule has 22 heavy (non-hydrogen) atoms. The number of carbonyl (C=O) groups is 1. The molecule has 4 rings (SSSR count). The van der Waals surface area contributed by atoms with Crippen LogP contribution in [0.1, 0.15) is 15.9 Å². The molecule has 0 radical (unpaired) electrons. The van der Waals surface area contributed by atoms with E-state index in [0.717, 1.165) is 0 Å². The van der Waals surface area contributed by atoms with Gasteiger partial charge in [0.1, 0.15) is 0 Å². The molecular weight excluding hydrogens is 288 g/mol. The Hall–Kier alpha value is -3.15. The van der Waals surface area contributed by atoms with Crippen molar-refractivity contribution in [2.75, 3.05) is 6.79 Å². The zero-order chi connectivity index (χ0) is 15.3. The molecule has 0 fully saturated rings. The second-order valence-corrected chi connectivity index (χ2v) is 4.83. The number of aromatic hydroxyl groups is 2. The van der Waals surface area contributed by atoms with Crippen LogP contribution in [0.5, 0.6) is 28.7 Å². The number of hydrogen-bond donors (Lipinski definition) is 2. The van der Waals surface area contributed by atoms with Crippen LogP contribution in [0, 0.1) is 0 Å². The van der Waals surface area contributed by atoms with Crippen molar-refractivity contribution >= 4 is 11.9 Å². The van der Waals surface area contributed by atoms with Crippen LogP contribution in [-0.2, 0) is 0 Å². The fraction of sp³-hybridized carbons (Fsp3) is 0.0625. The summed E-state index contributed by atoms with van der Waals surface area (Å²) in [5, 5.41) is 19.3. The molecule has 0 amide bonds. The number of rotatable bonds is 1. The molecule has 2 aliphatic rings. The maximum absolute atomic E-state index is 12.3. The summed E-state index contributed by atoms with van der Waals surface area (Å²) in [4.78, 5) is 12.3. The monoisotopic (exact) mass is 298 g/mol. The van der Waals surface area contributed by atoms with Crippen molar-refractivity contribution in [2.45, 2.75) is 0 Å². The van der Waals surface area contributed by atoms with Gasteiger partial charge in [-0.15, -0.1) is 0 Å². The highest BCUT2D eigenvalue weighted by atomic mass is 16.7. The molecule has 0 saturated carbocycles. The summed E-state index contributed by atoms with van der Waals surface area (Å²) in [6.45, 7) is 0.124. The van der Waals surface area contributed by atoms with Crippen molar-refractivity contribution in [3.05, 3.63) is 47.2 Å². The minimum Gasteiger partial charge on any atom is -0.504 e. The number of fused-ring (bicyclic) bond motifs is 2. The van der Waals surface area contributed by atoms with E-state index in [-0.39, 0.29) is 35.4 Å². The smallest absolute Gasteiger partial charge is 0.232 e. The van der Waals surface area contributed by atoms with Crippen LogP contribution in [-0.4, -0.2) is 22.8 Å². The van der Waals surface area contributed by atoms with Gasteiger partial charge < -0.3 is 24.4 Å². The molecule has 2 aromatic carbocycles. The van der Waals surface area contributed by atoms with E-state index in [9.17, 15) is 15.0 Å². The molecule has 6 nitrogen and oxygen atoms in total. The Bertz CT molecular complexity index is 837. The third-order valence-corrected chi connectivity index (χ3v) is 3.50. The van der Waals surface area contributed by atoms with Gasteiger partial charge in [0.25, 0.3) is 0 Å². The van der Waals surface area contributed by atoms with E-state index in [1.165, 1.54) is 18.2 Å². The topological polar surface area (TPSA) is 85.2 Å². The normalized spacial score (nSPS) is 16.7. The number of phenols is 2. The van der Waals surface area contributed by atoms with Crippen LogP contribution in [0.15, 0.2) is 36.1 Å². The van der Waals surface area contributed by atoms with Crippen LogP contribution in [0.2, 0.25) is 0 Å². The van der Waals surface area contributed by atoms with Gasteiger partial charge in [-0.05, 0) is 24.3 Å². The van der Waals surface area contributed by atoms with E-state index in [0.29, 0.717) is 17.1 Å². The quantitative estimate of drug-likeness (QED) is 0.621.